The summed E-state index contributed by atoms with van der Waals surface area (Å²) in [7, 11) is 0. The number of likely N-dealkylation sites (tertiary alicyclic amines) is 1. The number of aliphatic carboxylic acids is 1. The third-order valence-corrected chi connectivity index (χ3v) is 5.79. The number of pyridine rings is 2. The molecule has 1 aliphatic rings. The van der Waals surface area contributed by atoms with Gasteiger partial charge in [-0.25, -0.2) is 18.6 Å². The van der Waals surface area contributed by atoms with Crippen molar-refractivity contribution >= 4 is 33.7 Å². The maximum atomic E-state index is 14.6. The lowest BCUT2D eigenvalue weighted by atomic mass is 10.0. The molecule has 1 saturated heterocycles. The summed E-state index contributed by atoms with van der Waals surface area (Å²) in [5.74, 6) is -6.00. The summed E-state index contributed by atoms with van der Waals surface area (Å²) < 4.78 is 66.6. The lowest BCUT2D eigenvalue weighted by molar-refractivity contribution is -0.192. The summed E-state index contributed by atoms with van der Waals surface area (Å²) in [6, 6.07) is 19.6. The van der Waals surface area contributed by atoms with Crippen LogP contribution < -0.4 is 4.74 Å². The lowest BCUT2D eigenvalue weighted by Crippen LogP contribution is -2.55. The van der Waals surface area contributed by atoms with Gasteiger partial charge in [0, 0.05) is 41.6 Å². The van der Waals surface area contributed by atoms with Crippen LogP contribution in [0.25, 0.3) is 21.8 Å². The van der Waals surface area contributed by atoms with E-state index in [2.05, 4.69) is 9.97 Å². The molecule has 38 heavy (non-hydrogen) atoms. The number of hydrogen-bond acceptors (Lipinski definition) is 5. The zero-order valence-corrected chi connectivity index (χ0v) is 19.5. The third kappa shape index (κ3) is 6.13. The number of rotatable bonds is 3. The highest BCUT2D eigenvalue weighted by molar-refractivity contribution is 5.98. The first-order valence-electron chi connectivity index (χ1n) is 11.3. The molecular weight excluding hydrogens is 513 g/mol. The molecule has 0 saturated carbocycles. The highest BCUT2D eigenvalue weighted by atomic mass is 19.4. The van der Waals surface area contributed by atoms with Gasteiger partial charge in [0.25, 0.3) is 11.8 Å². The van der Waals surface area contributed by atoms with E-state index in [1.165, 1.54) is 4.90 Å². The van der Waals surface area contributed by atoms with Crippen LogP contribution in [0.15, 0.2) is 72.9 Å². The molecule has 5 rings (SSSR count). The molecule has 2 aromatic heterocycles. The van der Waals surface area contributed by atoms with Crippen LogP contribution in [-0.4, -0.2) is 63.1 Å². The Morgan fingerprint density at radius 3 is 2.42 bits per heavy atom. The number of nitrogens with zero attached hydrogens (tertiary/aromatic N) is 3. The van der Waals surface area contributed by atoms with E-state index in [0.717, 1.165) is 16.3 Å². The summed E-state index contributed by atoms with van der Waals surface area (Å²) in [5.41, 5.74) is 1.87. The molecule has 3 heterocycles. The zero-order chi connectivity index (χ0) is 27.5. The number of carbonyl (C=O) groups excluding carboxylic acids is 1. The van der Waals surface area contributed by atoms with E-state index in [1.807, 2.05) is 24.3 Å². The summed E-state index contributed by atoms with van der Waals surface area (Å²) in [4.78, 5) is 31.9. The second-order valence-corrected chi connectivity index (χ2v) is 8.42. The van der Waals surface area contributed by atoms with Gasteiger partial charge in [-0.2, -0.15) is 13.2 Å². The molecule has 1 N–H and O–H groups in total. The predicted octanol–water partition coefficient (Wildman–Crippen LogP) is 5.35. The Kier molecular flexibility index (Phi) is 7.42. The standard InChI is InChI=1S/C24H19F2N3O2.C2HF3O2/c25-24(26)11-13-29(23(30)18-7-9-19-17(14-18)5-3-12-27-19)15-21(24)31-22-10-8-16-4-1-2-6-20(16)28-22;3-2(4,5)1(6)7/h1-10,12,14,21H,11,13,15H2;(H,6,7). The fraction of sp³-hybridized carbons (Fsp3) is 0.231. The number of amides is 1. The van der Waals surface area contributed by atoms with Gasteiger partial charge in [-0.3, -0.25) is 9.78 Å². The normalized spacial score (nSPS) is 17.0. The maximum absolute atomic E-state index is 14.6. The van der Waals surface area contributed by atoms with Crippen molar-refractivity contribution in [2.24, 2.45) is 0 Å². The number of carboxylic acids is 1. The van der Waals surface area contributed by atoms with Gasteiger partial charge in [0.05, 0.1) is 17.6 Å². The van der Waals surface area contributed by atoms with Crippen molar-refractivity contribution in [2.45, 2.75) is 24.6 Å². The van der Waals surface area contributed by atoms with Crippen molar-refractivity contribution in [3.63, 3.8) is 0 Å². The molecule has 1 unspecified atom stereocenters. The molecule has 0 spiro atoms. The van der Waals surface area contributed by atoms with Crippen LogP contribution in [-0.2, 0) is 4.79 Å². The lowest BCUT2D eigenvalue weighted by Gasteiger charge is -2.38. The van der Waals surface area contributed by atoms with Gasteiger partial charge < -0.3 is 14.7 Å². The molecule has 1 atom stereocenters. The molecule has 7 nitrogen and oxygen atoms in total. The maximum Gasteiger partial charge on any atom is 0.490 e. The van der Waals surface area contributed by atoms with E-state index in [4.69, 9.17) is 14.6 Å². The molecule has 0 aliphatic carbocycles. The molecule has 1 aliphatic heterocycles. The quantitative estimate of drug-likeness (QED) is 0.357. The molecule has 198 valence electrons. The molecule has 0 radical (unpaired) electrons. The SMILES string of the molecule is O=C(O)C(F)(F)F.O=C(c1ccc2ncccc2c1)N1CCC(F)(F)C(Oc2ccc3ccccc3n2)C1. The second-order valence-electron chi connectivity index (χ2n) is 8.42. The van der Waals surface area contributed by atoms with E-state index in [9.17, 15) is 26.7 Å². The number of aromatic nitrogens is 2. The fourth-order valence-electron chi connectivity index (χ4n) is 3.83. The van der Waals surface area contributed by atoms with E-state index < -0.39 is 30.6 Å². The fourth-order valence-corrected chi connectivity index (χ4v) is 3.83. The van der Waals surface area contributed by atoms with Crippen molar-refractivity contribution in [1.82, 2.24) is 14.9 Å². The minimum atomic E-state index is -5.08. The van der Waals surface area contributed by atoms with Crippen LogP contribution in [0.4, 0.5) is 22.0 Å². The molecule has 0 bridgehead atoms. The van der Waals surface area contributed by atoms with Gasteiger partial charge in [0.2, 0.25) is 5.88 Å². The first-order chi connectivity index (χ1) is 17.9. The van der Waals surface area contributed by atoms with Gasteiger partial charge in [0.1, 0.15) is 0 Å². The Balaban J connectivity index is 0.000000426. The number of benzene rings is 2. The van der Waals surface area contributed by atoms with Crippen LogP contribution in [0, 0.1) is 0 Å². The predicted molar refractivity (Wildman–Crippen MR) is 127 cm³/mol. The highest BCUT2D eigenvalue weighted by Crippen LogP contribution is 2.32. The average Bonchev–Trinajstić information content (AvgIpc) is 2.89. The molecule has 1 fully saturated rings. The van der Waals surface area contributed by atoms with Crippen LogP contribution in [0.5, 0.6) is 5.88 Å². The van der Waals surface area contributed by atoms with Crippen LogP contribution in [0.3, 0.4) is 0 Å². The number of halogens is 5. The number of piperidine rings is 1. The summed E-state index contributed by atoms with van der Waals surface area (Å²) in [5, 5.41) is 8.84. The number of alkyl halides is 5. The molecule has 2 aromatic carbocycles. The first kappa shape index (κ1) is 26.7. The zero-order valence-electron chi connectivity index (χ0n) is 19.5. The molecule has 12 heteroatoms. The highest BCUT2D eigenvalue weighted by Gasteiger charge is 2.47. The molecule has 4 aromatic rings. The van der Waals surface area contributed by atoms with Crippen molar-refractivity contribution in [3.05, 3.63) is 78.5 Å². The van der Waals surface area contributed by atoms with E-state index in [1.54, 1.807) is 48.7 Å². The van der Waals surface area contributed by atoms with Gasteiger partial charge in [-0.15, -0.1) is 0 Å². The summed E-state index contributed by atoms with van der Waals surface area (Å²) >= 11 is 0. The summed E-state index contributed by atoms with van der Waals surface area (Å²) in [6.07, 6.45) is -5.34. The van der Waals surface area contributed by atoms with Gasteiger partial charge in [-0.1, -0.05) is 24.3 Å². The summed E-state index contributed by atoms with van der Waals surface area (Å²) in [6.45, 7) is -0.257. The van der Waals surface area contributed by atoms with Crippen molar-refractivity contribution < 1.29 is 41.4 Å². The van der Waals surface area contributed by atoms with Crippen LogP contribution >= 0.6 is 0 Å². The topological polar surface area (TPSA) is 92.6 Å². The van der Waals surface area contributed by atoms with Crippen molar-refractivity contribution in [2.75, 3.05) is 13.1 Å². The van der Waals surface area contributed by atoms with Gasteiger partial charge >= 0.3 is 12.1 Å². The number of ether oxygens (including phenoxy) is 1. The van der Waals surface area contributed by atoms with Gasteiger partial charge in [-0.05, 0) is 36.4 Å². The van der Waals surface area contributed by atoms with Gasteiger partial charge in [0.15, 0.2) is 6.10 Å². The number of carboxylic acid groups (broad SMARTS) is 1. The third-order valence-electron chi connectivity index (χ3n) is 5.79. The number of hydrogen-bond donors (Lipinski definition) is 1. The Bertz CT molecular complexity index is 1480. The number of carbonyl (C=O) groups is 2. The molecular formula is C26H20F5N3O4. The number of para-hydroxylation sites is 1. The molecule has 1 amide bonds. The second kappa shape index (κ2) is 10.6. The Morgan fingerprint density at radius 1 is 0.974 bits per heavy atom. The smallest absolute Gasteiger partial charge is 0.475 e. The van der Waals surface area contributed by atoms with Crippen LogP contribution in [0.1, 0.15) is 16.8 Å². The minimum absolute atomic E-state index is 0.0398. The Labute approximate surface area is 212 Å². The largest absolute Gasteiger partial charge is 0.490 e. The number of fused-ring (bicyclic) bond motifs is 2. The van der Waals surface area contributed by atoms with E-state index in [0.29, 0.717) is 11.1 Å². The monoisotopic (exact) mass is 533 g/mol. The average molecular weight is 533 g/mol. The minimum Gasteiger partial charge on any atom is -0.475 e. The van der Waals surface area contributed by atoms with Crippen LogP contribution in [0.2, 0.25) is 0 Å². The van der Waals surface area contributed by atoms with Crippen molar-refractivity contribution in [1.29, 1.82) is 0 Å². The Morgan fingerprint density at radius 2 is 1.68 bits per heavy atom. The van der Waals surface area contributed by atoms with Crippen molar-refractivity contribution in [3.8, 4) is 5.88 Å². The van der Waals surface area contributed by atoms with E-state index >= 15 is 0 Å². The first-order valence-corrected chi connectivity index (χ1v) is 11.3. The Hall–Kier alpha value is -4.35. The van der Waals surface area contributed by atoms with E-state index in [-0.39, 0.29) is 24.9 Å².